The van der Waals surface area contributed by atoms with Gasteiger partial charge in [-0.15, -0.1) is 0 Å². The van der Waals surface area contributed by atoms with Gasteiger partial charge >= 0.3 is 0 Å². The molecule has 0 saturated carbocycles. The Kier molecular flexibility index (Phi) is 4.32. The van der Waals surface area contributed by atoms with Crippen LogP contribution in [0.2, 0.25) is 0 Å². The van der Waals surface area contributed by atoms with E-state index in [0.29, 0.717) is 12.1 Å². The summed E-state index contributed by atoms with van der Waals surface area (Å²) in [5, 5.41) is 5.08. The van der Waals surface area contributed by atoms with Crippen LogP contribution in [0.1, 0.15) is 26.0 Å². The highest BCUT2D eigenvalue weighted by Gasteiger charge is 2.28. The normalized spacial score (nSPS) is 27.3. The Morgan fingerprint density at radius 2 is 2.10 bits per heavy atom. The van der Waals surface area contributed by atoms with Crippen molar-refractivity contribution in [3.63, 3.8) is 0 Å². The molecule has 0 bridgehead atoms. The highest BCUT2D eigenvalue weighted by Crippen LogP contribution is 2.21. The SMILES string of the molecule is CC1CN(C)C(C)CC1NCCc1cc2ccccc2[nH]1. The molecule has 1 fully saturated rings. The first-order valence-corrected chi connectivity index (χ1v) is 8.13. The predicted molar refractivity (Wildman–Crippen MR) is 89.7 cm³/mol. The number of likely N-dealkylation sites (tertiary alicyclic amines) is 1. The van der Waals surface area contributed by atoms with Crippen molar-refractivity contribution in [2.45, 2.75) is 38.8 Å². The Balaban J connectivity index is 1.53. The molecule has 1 aromatic carbocycles. The van der Waals surface area contributed by atoms with Crippen molar-refractivity contribution in [1.29, 1.82) is 0 Å². The molecule has 1 aliphatic heterocycles. The summed E-state index contributed by atoms with van der Waals surface area (Å²) in [6, 6.07) is 12.1. The van der Waals surface area contributed by atoms with Crippen LogP contribution in [0.3, 0.4) is 0 Å². The van der Waals surface area contributed by atoms with Gasteiger partial charge in [-0.2, -0.15) is 0 Å². The number of nitrogens with one attached hydrogen (secondary N) is 2. The molecule has 3 nitrogen and oxygen atoms in total. The molecule has 0 amide bonds. The number of para-hydroxylation sites is 1. The molecule has 3 unspecified atom stereocenters. The van der Waals surface area contributed by atoms with E-state index in [-0.39, 0.29) is 0 Å². The molecule has 3 rings (SSSR count). The van der Waals surface area contributed by atoms with Gasteiger partial charge in [0.2, 0.25) is 0 Å². The number of piperidine rings is 1. The number of H-pyrrole nitrogens is 1. The molecule has 0 aliphatic carbocycles. The molecular formula is C18H27N3. The fourth-order valence-corrected chi connectivity index (χ4v) is 3.49. The molecular weight excluding hydrogens is 258 g/mol. The number of benzene rings is 1. The molecule has 0 spiro atoms. The van der Waals surface area contributed by atoms with Crippen LogP contribution in [0.25, 0.3) is 10.9 Å². The van der Waals surface area contributed by atoms with Crippen molar-refractivity contribution >= 4 is 10.9 Å². The van der Waals surface area contributed by atoms with Crippen LogP contribution in [0.15, 0.2) is 30.3 Å². The van der Waals surface area contributed by atoms with E-state index < -0.39 is 0 Å². The van der Waals surface area contributed by atoms with Crippen molar-refractivity contribution in [1.82, 2.24) is 15.2 Å². The third kappa shape index (κ3) is 3.30. The monoisotopic (exact) mass is 285 g/mol. The Hall–Kier alpha value is -1.32. The third-order valence-electron chi connectivity index (χ3n) is 5.00. The second-order valence-corrected chi connectivity index (χ2v) is 6.69. The third-order valence-corrected chi connectivity index (χ3v) is 5.00. The summed E-state index contributed by atoms with van der Waals surface area (Å²) in [5.41, 5.74) is 2.58. The summed E-state index contributed by atoms with van der Waals surface area (Å²) in [6.45, 7) is 6.95. The lowest BCUT2D eigenvalue weighted by Gasteiger charge is -2.40. The molecule has 2 heterocycles. The maximum Gasteiger partial charge on any atom is 0.0456 e. The zero-order valence-electron chi connectivity index (χ0n) is 13.4. The maximum absolute atomic E-state index is 3.77. The number of nitrogens with zero attached hydrogens (tertiary/aromatic N) is 1. The first kappa shape index (κ1) is 14.6. The average molecular weight is 285 g/mol. The predicted octanol–water partition coefficient (Wildman–Crippen LogP) is 3.03. The highest BCUT2D eigenvalue weighted by molar-refractivity contribution is 5.80. The van der Waals surface area contributed by atoms with Gasteiger partial charge in [0.05, 0.1) is 0 Å². The quantitative estimate of drug-likeness (QED) is 0.904. The van der Waals surface area contributed by atoms with E-state index in [0.717, 1.165) is 18.9 Å². The van der Waals surface area contributed by atoms with Gasteiger partial charge in [0, 0.05) is 36.4 Å². The Labute approximate surface area is 127 Å². The molecule has 3 heteroatoms. The van der Waals surface area contributed by atoms with Gasteiger partial charge in [0.15, 0.2) is 0 Å². The van der Waals surface area contributed by atoms with E-state index in [9.17, 15) is 0 Å². The fourth-order valence-electron chi connectivity index (χ4n) is 3.49. The number of aromatic amines is 1. The van der Waals surface area contributed by atoms with Gasteiger partial charge < -0.3 is 15.2 Å². The number of hydrogen-bond donors (Lipinski definition) is 2. The molecule has 3 atom stereocenters. The summed E-state index contributed by atoms with van der Waals surface area (Å²) in [4.78, 5) is 5.98. The van der Waals surface area contributed by atoms with Gasteiger partial charge in [0.25, 0.3) is 0 Å². The van der Waals surface area contributed by atoms with Gasteiger partial charge in [-0.3, -0.25) is 0 Å². The molecule has 1 aromatic heterocycles. The lowest BCUT2D eigenvalue weighted by atomic mass is 9.90. The number of hydrogen-bond acceptors (Lipinski definition) is 2. The van der Waals surface area contributed by atoms with E-state index in [1.165, 1.54) is 29.6 Å². The zero-order valence-corrected chi connectivity index (χ0v) is 13.4. The zero-order chi connectivity index (χ0) is 14.8. The Morgan fingerprint density at radius 3 is 2.90 bits per heavy atom. The van der Waals surface area contributed by atoms with Gasteiger partial charge in [-0.05, 0) is 50.2 Å². The minimum absolute atomic E-state index is 0.653. The first-order chi connectivity index (χ1) is 10.1. The second kappa shape index (κ2) is 6.20. The first-order valence-electron chi connectivity index (χ1n) is 8.13. The summed E-state index contributed by atoms with van der Waals surface area (Å²) >= 11 is 0. The number of fused-ring (bicyclic) bond motifs is 1. The van der Waals surface area contributed by atoms with Crippen LogP contribution in [-0.4, -0.2) is 42.1 Å². The standard InChI is InChI=1S/C18H27N3/c1-13-12-21(3)14(2)10-18(13)19-9-8-16-11-15-6-4-5-7-17(15)20-16/h4-7,11,13-14,18-20H,8-10,12H2,1-3H3. The molecule has 21 heavy (non-hydrogen) atoms. The molecule has 2 aromatic rings. The van der Waals surface area contributed by atoms with Gasteiger partial charge in [0.1, 0.15) is 0 Å². The van der Waals surface area contributed by atoms with E-state index in [4.69, 9.17) is 0 Å². The Bertz CT molecular complexity index is 556. The highest BCUT2D eigenvalue weighted by atomic mass is 15.2. The summed E-state index contributed by atoms with van der Waals surface area (Å²) in [5.74, 6) is 0.730. The van der Waals surface area contributed by atoms with Crippen LogP contribution in [0.5, 0.6) is 0 Å². The molecule has 0 radical (unpaired) electrons. The summed E-state index contributed by atoms with van der Waals surface area (Å²) in [6.07, 6.45) is 2.33. The van der Waals surface area contributed by atoms with Crippen LogP contribution in [0.4, 0.5) is 0 Å². The van der Waals surface area contributed by atoms with Crippen LogP contribution < -0.4 is 5.32 Å². The van der Waals surface area contributed by atoms with Crippen molar-refractivity contribution < 1.29 is 0 Å². The minimum Gasteiger partial charge on any atom is -0.358 e. The lowest BCUT2D eigenvalue weighted by Crippen LogP contribution is -2.51. The molecule has 1 aliphatic rings. The van der Waals surface area contributed by atoms with Crippen molar-refractivity contribution in [2.24, 2.45) is 5.92 Å². The van der Waals surface area contributed by atoms with Crippen LogP contribution >= 0.6 is 0 Å². The summed E-state index contributed by atoms with van der Waals surface area (Å²) in [7, 11) is 2.24. The van der Waals surface area contributed by atoms with Crippen LogP contribution in [0, 0.1) is 5.92 Å². The Morgan fingerprint density at radius 1 is 1.29 bits per heavy atom. The minimum atomic E-state index is 0.653. The molecule has 2 N–H and O–H groups in total. The van der Waals surface area contributed by atoms with Gasteiger partial charge in [-0.25, -0.2) is 0 Å². The molecule has 1 saturated heterocycles. The van der Waals surface area contributed by atoms with E-state index in [1.54, 1.807) is 0 Å². The van der Waals surface area contributed by atoms with Crippen molar-refractivity contribution in [2.75, 3.05) is 20.1 Å². The van der Waals surface area contributed by atoms with Crippen molar-refractivity contribution in [3.05, 3.63) is 36.0 Å². The van der Waals surface area contributed by atoms with E-state index in [2.05, 4.69) is 66.4 Å². The van der Waals surface area contributed by atoms with E-state index >= 15 is 0 Å². The van der Waals surface area contributed by atoms with Crippen LogP contribution in [-0.2, 0) is 6.42 Å². The topological polar surface area (TPSA) is 31.1 Å². The fraction of sp³-hybridized carbons (Fsp3) is 0.556. The summed E-state index contributed by atoms with van der Waals surface area (Å²) < 4.78 is 0. The lowest BCUT2D eigenvalue weighted by molar-refractivity contribution is 0.122. The largest absolute Gasteiger partial charge is 0.358 e. The smallest absolute Gasteiger partial charge is 0.0456 e. The van der Waals surface area contributed by atoms with Gasteiger partial charge in [-0.1, -0.05) is 25.1 Å². The van der Waals surface area contributed by atoms with Crippen molar-refractivity contribution in [3.8, 4) is 0 Å². The average Bonchev–Trinajstić information content (AvgIpc) is 2.87. The number of rotatable bonds is 4. The maximum atomic E-state index is 3.77. The molecule has 114 valence electrons. The van der Waals surface area contributed by atoms with E-state index in [1.807, 2.05) is 0 Å². The second-order valence-electron chi connectivity index (χ2n) is 6.69. The number of aromatic nitrogens is 1.